The largest absolute Gasteiger partial charge is 0.339 e. The van der Waals surface area contributed by atoms with E-state index in [1.165, 1.54) is 12.1 Å². The fourth-order valence-electron chi connectivity index (χ4n) is 2.64. The summed E-state index contributed by atoms with van der Waals surface area (Å²) in [5.74, 6) is 0.115. The minimum Gasteiger partial charge on any atom is -0.339 e. The van der Waals surface area contributed by atoms with Gasteiger partial charge in [-0.15, -0.1) is 0 Å². The first-order valence-corrected chi connectivity index (χ1v) is 10.3. The van der Waals surface area contributed by atoms with Gasteiger partial charge in [0.25, 0.3) is 0 Å². The molecule has 0 heterocycles. The minimum absolute atomic E-state index is 0.0685. The Kier molecular flexibility index (Phi) is 6.54. The van der Waals surface area contributed by atoms with Crippen LogP contribution in [0.2, 0.25) is 0 Å². The number of halogens is 2. The predicted molar refractivity (Wildman–Crippen MR) is 97.0 cm³/mol. The predicted octanol–water partition coefficient (Wildman–Crippen LogP) is 3.32. The molecule has 130 valence electrons. The summed E-state index contributed by atoms with van der Waals surface area (Å²) in [6.07, 6.45) is 0. The van der Waals surface area contributed by atoms with E-state index in [1.54, 1.807) is 36.4 Å². The normalized spacial score (nSPS) is 13.2. The van der Waals surface area contributed by atoms with Gasteiger partial charge in [0.15, 0.2) is 9.84 Å². The Morgan fingerprint density at radius 1 is 1.04 bits per heavy atom. The number of nitrogens with two attached hydrogens (primary N) is 1. The summed E-state index contributed by atoms with van der Waals surface area (Å²) in [5.41, 5.74) is 1.01. The number of rotatable bonds is 7. The SMILES string of the molecule is CC(C)[C@H]([NH2+]CCS(=O)(=O)c1ccc(Br)cc1)c1ccc(F)cc1. The molecule has 0 radical (unpaired) electrons. The Morgan fingerprint density at radius 3 is 2.17 bits per heavy atom. The van der Waals surface area contributed by atoms with Crippen molar-refractivity contribution in [2.24, 2.45) is 5.92 Å². The molecule has 1 atom stereocenters. The lowest BCUT2D eigenvalue weighted by atomic mass is 9.96. The zero-order valence-corrected chi connectivity index (χ0v) is 16.1. The highest BCUT2D eigenvalue weighted by Gasteiger charge is 2.21. The highest BCUT2D eigenvalue weighted by molar-refractivity contribution is 9.10. The smallest absolute Gasteiger partial charge is 0.183 e. The van der Waals surface area contributed by atoms with Gasteiger partial charge in [0, 0.05) is 16.0 Å². The number of hydrogen-bond acceptors (Lipinski definition) is 2. The molecule has 2 N–H and O–H groups in total. The molecule has 0 saturated carbocycles. The van der Waals surface area contributed by atoms with Crippen LogP contribution in [-0.4, -0.2) is 20.7 Å². The first kappa shape index (κ1) is 19.1. The number of hydrogen-bond donors (Lipinski definition) is 1. The summed E-state index contributed by atoms with van der Waals surface area (Å²) in [7, 11) is -3.30. The van der Waals surface area contributed by atoms with Crippen LogP contribution in [0.4, 0.5) is 4.39 Å². The van der Waals surface area contributed by atoms with Crippen LogP contribution in [0.15, 0.2) is 57.9 Å². The molecular weight excluding hydrogens is 393 g/mol. The molecule has 0 fully saturated rings. The van der Waals surface area contributed by atoms with Gasteiger partial charge in [-0.2, -0.15) is 0 Å². The van der Waals surface area contributed by atoms with Crippen LogP contribution in [0.5, 0.6) is 0 Å². The van der Waals surface area contributed by atoms with Crippen molar-refractivity contribution >= 4 is 25.8 Å². The van der Waals surface area contributed by atoms with Gasteiger partial charge in [0.1, 0.15) is 17.6 Å². The second-order valence-corrected chi connectivity index (χ2v) is 9.14. The summed E-state index contributed by atoms with van der Waals surface area (Å²) >= 11 is 3.30. The third-order valence-electron chi connectivity index (χ3n) is 3.95. The second-order valence-electron chi connectivity index (χ2n) is 6.12. The molecule has 0 aromatic heterocycles. The van der Waals surface area contributed by atoms with E-state index in [9.17, 15) is 12.8 Å². The van der Waals surface area contributed by atoms with Gasteiger partial charge in [-0.3, -0.25) is 0 Å². The van der Waals surface area contributed by atoms with Crippen LogP contribution in [0.25, 0.3) is 0 Å². The molecule has 2 rings (SSSR count). The number of benzene rings is 2. The lowest BCUT2D eigenvalue weighted by molar-refractivity contribution is -0.698. The van der Waals surface area contributed by atoms with Crippen LogP contribution in [0.1, 0.15) is 25.5 Å². The summed E-state index contributed by atoms with van der Waals surface area (Å²) < 4.78 is 38.7. The Morgan fingerprint density at radius 2 is 1.62 bits per heavy atom. The van der Waals surface area contributed by atoms with Crippen molar-refractivity contribution in [3.8, 4) is 0 Å². The van der Waals surface area contributed by atoms with Gasteiger partial charge in [-0.05, 0) is 36.4 Å². The first-order valence-electron chi connectivity index (χ1n) is 7.87. The van der Waals surface area contributed by atoms with Crippen molar-refractivity contribution in [2.75, 3.05) is 12.3 Å². The van der Waals surface area contributed by atoms with Crippen LogP contribution in [0.3, 0.4) is 0 Å². The van der Waals surface area contributed by atoms with Gasteiger partial charge < -0.3 is 5.32 Å². The van der Waals surface area contributed by atoms with E-state index in [4.69, 9.17) is 0 Å². The lowest BCUT2D eigenvalue weighted by Gasteiger charge is -2.19. The summed E-state index contributed by atoms with van der Waals surface area (Å²) in [6, 6.07) is 13.2. The minimum atomic E-state index is -3.30. The highest BCUT2D eigenvalue weighted by Crippen LogP contribution is 2.18. The molecule has 2 aromatic rings. The van der Waals surface area contributed by atoms with Crippen molar-refractivity contribution in [2.45, 2.75) is 24.8 Å². The second kappa shape index (κ2) is 8.23. The van der Waals surface area contributed by atoms with Gasteiger partial charge in [-0.25, -0.2) is 12.8 Å². The average Bonchev–Trinajstić information content (AvgIpc) is 2.53. The third-order valence-corrected chi connectivity index (χ3v) is 6.25. The van der Waals surface area contributed by atoms with E-state index in [0.29, 0.717) is 17.4 Å². The average molecular weight is 415 g/mol. The standard InChI is InChI=1S/C18H21BrFNO2S/c1-13(2)18(14-3-7-16(20)8-4-14)21-11-12-24(22,23)17-9-5-15(19)6-10-17/h3-10,13,18,21H,11-12H2,1-2H3/p+1/t18-/m0/s1. The molecule has 2 aromatic carbocycles. The molecule has 0 bridgehead atoms. The Hall–Kier alpha value is -1.24. The molecule has 0 unspecified atom stereocenters. The zero-order valence-electron chi connectivity index (χ0n) is 13.7. The summed E-state index contributed by atoms with van der Waals surface area (Å²) in [5, 5.41) is 2.02. The number of quaternary nitrogens is 1. The Labute approximate surface area is 151 Å². The molecule has 0 aliphatic carbocycles. The fraction of sp³-hybridized carbons (Fsp3) is 0.333. The van der Waals surface area contributed by atoms with E-state index < -0.39 is 9.84 Å². The monoisotopic (exact) mass is 414 g/mol. The van der Waals surface area contributed by atoms with E-state index in [2.05, 4.69) is 29.8 Å². The van der Waals surface area contributed by atoms with E-state index in [-0.39, 0.29) is 17.6 Å². The summed E-state index contributed by atoms with van der Waals surface area (Å²) in [4.78, 5) is 0.335. The van der Waals surface area contributed by atoms with Gasteiger partial charge in [-0.1, -0.05) is 41.9 Å². The molecule has 0 spiro atoms. The third kappa shape index (κ3) is 5.13. The molecule has 0 aliphatic heterocycles. The quantitative estimate of drug-likeness (QED) is 0.755. The molecule has 3 nitrogen and oxygen atoms in total. The van der Waals surface area contributed by atoms with Crippen molar-refractivity contribution in [3.63, 3.8) is 0 Å². The van der Waals surface area contributed by atoms with E-state index in [0.717, 1.165) is 10.0 Å². The molecule has 0 amide bonds. The maximum Gasteiger partial charge on any atom is 0.183 e. The topological polar surface area (TPSA) is 50.8 Å². The molecule has 0 aliphatic rings. The molecule has 6 heteroatoms. The highest BCUT2D eigenvalue weighted by atomic mass is 79.9. The van der Waals surface area contributed by atoms with E-state index in [1.807, 2.05) is 5.32 Å². The van der Waals surface area contributed by atoms with Gasteiger partial charge >= 0.3 is 0 Å². The maximum absolute atomic E-state index is 13.1. The van der Waals surface area contributed by atoms with Crippen LogP contribution in [-0.2, 0) is 9.84 Å². The van der Waals surface area contributed by atoms with Crippen LogP contribution < -0.4 is 5.32 Å². The number of sulfone groups is 1. The van der Waals surface area contributed by atoms with Gasteiger partial charge in [0.05, 0.1) is 11.4 Å². The van der Waals surface area contributed by atoms with Crippen molar-refractivity contribution in [1.29, 1.82) is 0 Å². The Balaban J connectivity index is 2.02. The van der Waals surface area contributed by atoms with Crippen molar-refractivity contribution in [3.05, 3.63) is 64.4 Å². The van der Waals surface area contributed by atoms with E-state index >= 15 is 0 Å². The van der Waals surface area contributed by atoms with Crippen molar-refractivity contribution in [1.82, 2.24) is 0 Å². The first-order chi connectivity index (χ1) is 11.3. The maximum atomic E-state index is 13.1. The summed E-state index contributed by atoms with van der Waals surface area (Å²) in [6.45, 7) is 4.61. The zero-order chi connectivity index (χ0) is 17.7. The van der Waals surface area contributed by atoms with Gasteiger partial charge in [0.2, 0.25) is 0 Å². The van der Waals surface area contributed by atoms with Crippen LogP contribution >= 0.6 is 15.9 Å². The molecule has 0 saturated heterocycles. The molecule has 24 heavy (non-hydrogen) atoms. The Bertz CT molecular complexity index is 759. The fourth-order valence-corrected chi connectivity index (χ4v) is 4.14. The lowest BCUT2D eigenvalue weighted by Crippen LogP contribution is -2.87. The van der Waals surface area contributed by atoms with Crippen molar-refractivity contribution < 1.29 is 18.1 Å². The molecular formula is C18H22BrFNO2S+. The van der Waals surface area contributed by atoms with Crippen LogP contribution in [0, 0.1) is 11.7 Å².